The Labute approximate surface area is 207 Å². The fourth-order valence-corrected chi connectivity index (χ4v) is 5.74. The van der Waals surface area contributed by atoms with Gasteiger partial charge in [0.05, 0.1) is 24.6 Å². The maximum Gasteiger partial charge on any atom is 0.236 e. The average molecular weight is 570 g/mol. The average Bonchev–Trinajstić information content (AvgIpc) is 3.22. The Morgan fingerprint density at radius 1 is 1.16 bits per heavy atom. The van der Waals surface area contributed by atoms with Gasteiger partial charge in [0.25, 0.3) is 0 Å². The first kappa shape index (κ1) is 24.8. The van der Waals surface area contributed by atoms with Gasteiger partial charge in [-0.1, -0.05) is 42.5 Å². The van der Waals surface area contributed by atoms with E-state index < -0.39 is 10.0 Å². The van der Waals surface area contributed by atoms with Crippen molar-refractivity contribution < 1.29 is 13.2 Å². The zero-order chi connectivity index (χ0) is 21.8. The van der Waals surface area contributed by atoms with Crippen LogP contribution in [0.2, 0.25) is 0 Å². The number of guanidine groups is 1. The van der Waals surface area contributed by atoms with Gasteiger partial charge < -0.3 is 15.0 Å². The molecule has 1 atom stereocenters. The van der Waals surface area contributed by atoms with Crippen molar-refractivity contribution >= 4 is 45.6 Å². The summed E-state index contributed by atoms with van der Waals surface area (Å²) in [4.78, 5) is 6.52. The molecule has 0 spiro atoms. The van der Waals surface area contributed by atoms with Gasteiger partial charge in [0.1, 0.15) is 6.10 Å². The number of nitrogens with one attached hydrogen (secondary N) is 1. The third-order valence-electron chi connectivity index (χ3n) is 5.94. The second-order valence-corrected chi connectivity index (χ2v) is 9.92. The van der Waals surface area contributed by atoms with E-state index in [-0.39, 0.29) is 35.8 Å². The largest absolute Gasteiger partial charge is 0.370 e. The van der Waals surface area contributed by atoms with Gasteiger partial charge in [0, 0.05) is 26.7 Å². The smallest absolute Gasteiger partial charge is 0.236 e. The number of para-hydroxylation sites is 1. The minimum atomic E-state index is -3.39. The molecule has 0 aromatic heterocycles. The molecule has 0 amide bonds. The Morgan fingerprint density at radius 2 is 1.91 bits per heavy atom. The van der Waals surface area contributed by atoms with E-state index in [0.29, 0.717) is 38.7 Å². The minimum Gasteiger partial charge on any atom is -0.370 e. The van der Waals surface area contributed by atoms with Crippen molar-refractivity contribution in [2.75, 3.05) is 49.9 Å². The third-order valence-corrected chi connectivity index (χ3v) is 7.71. The molecule has 0 bridgehead atoms. The van der Waals surface area contributed by atoms with Crippen molar-refractivity contribution in [3.63, 3.8) is 0 Å². The van der Waals surface area contributed by atoms with Crippen molar-refractivity contribution in [2.45, 2.75) is 19.4 Å². The second-order valence-electron chi connectivity index (χ2n) is 7.90. The van der Waals surface area contributed by atoms with Gasteiger partial charge >= 0.3 is 0 Å². The number of hydrogen-bond donors (Lipinski definition) is 1. The van der Waals surface area contributed by atoms with E-state index in [1.165, 1.54) is 15.4 Å². The molecule has 1 unspecified atom stereocenters. The van der Waals surface area contributed by atoms with Crippen LogP contribution in [0.3, 0.4) is 0 Å². The van der Waals surface area contributed by atoms with Gasteiger partial charge in [-0.15, -0.1) is 24.0 Å². The van der Waals surface area contributed by atoms with Crippen molar-refractivity contribution in [3.05, 3.63) is 65.2 Å². The summed E-state index contributed by atoms with van der Waals surface area (Å²) >= 11 is 0. The number of benzene rings is 2. The van der Waals surface area contributed by atoms with Crippen LogP contribution < -0.4 is 9.62 Å². The topological polar surface area (TPSA) is 74.2 Å². The van der Waals surface area contributed by atoms with E-state index >= 15 is 0 Å². The lowest BCUT2D eigenvalue weighted by atomic mass is 10.0. The quantitative estimate of drug-likeness (QED) is 0.340. The van der Waals surface area contributed by atoms with Gasteiger partial charge in [-0.3, -0.25) is 9.30 Å². The van der Waals surface area contributed by atoms with Crippen molar-refractivity contribution in [1.82, 2.24) is 10.2 Å². The fraction of sp³-hybridized carbons (Fsp3) is 0.435. The fourth-order valence-electron chi connectivity index (χ4n) is 4.31. The number of fused-ring (bicyclic) bond motifs is 1. The number of sulfonamides is 1. The first-order valence-corrected chi connectivity index (χ1v) is 12.3. The molecule has 1 fully saturated rings. The lowest BCUT2D eigenvalue weighted by molar-refractivity contribution is -0.00827. The van der Waals surface area contributed by atoms with Gasteiger partial charge in [-0.2, -0.15) is 0 Å². The number of anilines is 1. The van der Waals surface area contributed by atoms with E-state index in [4.69, 9.17) is 4.74 Å². The second kappa shape index (κ2) is 10.8. The number of ether oxygens (including phenoxy) is 1. The van der Waals surface area contributed by atoms with Crippen LogP contribution in [0, 0.1) is 6.92 Å². The first-order chi connectivity index (χ1) is 15.0. The highest BCUT2D eigenvalue weighted by Gasteiger charge is 2.29. The van der Waals surface area contributed by atoms with Gasteiger partial charge in [0.15, 0.2) is 5.96 Å². The van der Waals surface area contributed by atoms with E-state index in [1.807, 2.05) is 36.4 Å². The summed E-state index contributed by atoms with van der Waals surface area (Å²) in [5.41, 5.74) is 4.28. The Balaban J connectivity index is 0.00000289. The Bertz CT molecular complexity index is 1060. The van der Waals surface area contributed by atoms with Crippen LogP contribution in [-0.2, 0) is 21.2 Å². The van der Waals surface area contributed by atoms with Gasteiger partial charge in [-0.25, -0.2) is 8.42 Å². The molecule has 32 heavy (non-hydrogen) atoms. The molecule has 2 aromatic carbocycles. The summed E-state index contributed by atoms with van der Waals surface area (Å²) in [6.07, 6.45) is 0.733. The maximum atomic E-state index is 12.9. The lowest BCUT2D eigenvalue weighted by Crippen LogP contribution is -2.49. The van der Waals surface area contributed by atoms with Crippen LogP contribution in [-0.4, -0.2) is 64.9 Å². The number of nitrogens with zero attached hydrogens (tertiary/aromatic N) is 3. The molecule has 7 nitrogen and oxygen atoms in total. The molecule has 174 valence electrons. The number of aryl methyl sites for hydroxylation is 1. The molecular formula is C23H31IN4O3S. The van der Waals surface area contributed by atoms with E-state index in [9.17, 15) is 8.42 Å². The molecule has 2 heterocycles. The number of rotatable bonds is 5. The highest BCUT2D eigenvalue weighted by molar-refractivity contribution is 14.0. The molecule has 2 aliphatic heterocycles. The summed E-state index contributed by atoms with van der Waals surface area (Å²) in [7, 11) is -1.67. The van der Waals surface area contributed by atoms with Crippen molar-refractivity contribution in [2.24, 2.45) is 4.99 Å². The SMILES string of the molecule is CN=C(NCCS(=O)(=O)N1CCc2ccccc21)N1CCOC(c2ccccc2C)C1.I. The van der Waals surface area contributed by atoms with Crippen LogP contribution in [0.25, 0.3) is 0 Å². The third kappa shape index (κ3) is 5.37. The zero-order valence-electron chi connectivity index (χ0n) is 18.5. The van der Waals surface area contributed by atoms with Gasteiger partial charge in [-0.05, 0) is 36.1 Å². The molecule has 9 heteroatoms. The van der Waals surface area contributed by atoms with Crippen LogP contribution in [0.1, 0.15) is 22.8 Å². The summed E-state index contributed by atoms with van der Waals surface area (Å²) in [5, 5.41) is 3.24. The molecule has 2 aromatic rings. The summed E-state index contributed by atoms with van der Waals surface area (Å²) in [6, 6.07) is 16.0. The molecular weight excluding hydrogens is 539 g/mol. The molecule has 2 aliphatic rings. The number of morpholine rings is 1. The minimum absolute atomic E-state index is 0. The molecule has 0 radical (unpaired) electrons. The first-order valence-electron chi connectivity index (χ1n) is 10.7. The maximum absolute atomic E-state index is 12.9. The summed E-state index contributed by atoms with van der Waals surface area (Å²) in [5.74, 6) is 0.727. The monoisotopic (exact) mass is 570 g/mol. The van der Waals surface area contributed by atoms with E-state index in [1.54, 1.807) is 7.05 Å². The standard InChI is InChI=1S/C23H30N4O3S.HI/c1-18-7-3-5-9-20(18)22-17-26(14-15-30-22)23(24-2)25-12-16-31(28,29)27-13-11-19-8-4-6-10-21(19)27;/h3-10,22H,11-17H2,1-2H3,(H,24,25);1H. The number of halogens is 1. The normalized spacial score (nSPS) is 18.8. The van der Waals surface area contributed by atoms with Crippen LogP contribution in [0.4, 0.5) is 5.69 Å². The van der Waals surface area contributed by atoms with Crippen molar-refractivity contribution in [1.29, 1.82) is 0 Å². The van der Waals surface area contributed by atoms with Crippen molar-refractivity contribution in [3.8, 4) is 0 Å². The molecule has 1 saturated heterocycles. The lowest BCUT2D eigenvalue weighted by Gasteiger charge is -2.35. The van der Waals surface area contributed by atoms with E-state index in [2.05, 4.69) is 34.3 Å². The molecule has 1 N–H and O–H groups in total. The summed E-state index contributed by atoms with van der Waals surface area (Å²) in [6.45, 7) is 4.90. The molecule has 4 rings (SSSR count). The van der Waals surface area contributed by atoms with Crippen LogP contribution >= 0.6 is 24.0 Å². The Hall–Kier alpha value is -1.85. The zero-order valence-corrected chi connectivity index (χ0v) is 21.7. The van der Waals surface area contributed by atoms with Gasteiger partial charge in [0.2, 0.25) is 10.0 Å². The highest BCUT2D eigenvalue weighted by atomic mass is 127. The van der Waals surface area contributed by atoms with E-state index in [0.717, 1.165) is 17.7 Å². The Kier molecular flexibility index (Phi) is 8.40. The Morgan fingerprint density at radius 3 is 2.69 bits per heavy atom. The summed E-state index contributed by atoms with van der Waals surface area (Å²) < 4.78 is 33.4. The predicted octanol–water partition coefficient (Wildman–Crippen LogP) is 2.95. The number of aliphatic imine (C=N–C) groups is 1. The molecule has 0 saturated carbocycles. The van der Waals surface area contributed by atoms with Crippen LogP contribution in [0.15, 0.2) is 53.5 Å². The number of hydrogen-bond acceptors (Lipinski definition) is 4. The predicted molar refractivity (Wildman–Crippen MR) is 140 cm³/mol. The molecule has 0 aliphatic carbocycles. The van der Waals surface area contributed by atoms with Crippen LogP contribution in [0.5, 0.6) is 0 Å². The highest BCUT2D eigenvalue weighted by Crippen LogP contribution is 2.30.